The van der Waals surface area contributed by atoms with Crippen molar-refractivity contribution >= 4 is 0 Å². The Morgan fingerprint density at radius 2 is 1.64 bits per heavy atom. The van der Waals surface area contributed by atoms with Gasteiger partial charge in [0.2, 0.25) is 0 Å². The van der Waals surface area contributed by atoms with Gasteiger partial charge < -0.3 is 10.0 Å². The van der Waals surface area contributed by atoms with Crippen molar-refractivity contribution in [3.8, 4) is 0 Å². The molecule has 0 bridgehead atoms. The Hall–Kier alpha value is -0.0800. The van der Waals surface area contributed by atoms with Crippen LogP contribution in [0.15, 0.2) is 0 Å². The monoisotopic (exact) mass is 195 g/mol. The predicted octanol–water partition coefficient (Wildman–Crippen LogP) is 1.63. The Morgan fingerprint density at radius 3 is 2.14 bits per heavy atom. The molecule has 2 aliphatic carbocycles. The van der Waals surface area contributed by atoms with Gasteiger partial charge in [0.25, 0.3) is 0 Å². The lowest BCUT2D eigenvalue weighted by Crippen LogP contribution is -2.52. The van der Waals surface area contributed by atoms with Gasteiger partial charge in [0, 0.05) is 31.7 Å². The Balaban J connectivity index is 1.55. The molecule has 3 aliphatic rings. The topological polar surface area (TPSA) is 23.5 Å². The van der Waals surface area contributed by atoms with Gasteiger partial charge in [0.05, 0.1) is 0 Å². The number of aliphatic hydroxyl groups is 1. The molecule has 80 valence electrons. The third-order valence-corrected chi connectivity index (χ3v) is 4.63. The maximum atomic E-state index is 9.50. The Bertz CT molecular complexity index is 220. The molecule has 1 spiro atoms. The van der Waals surface area contributed by atoms with Gasteiger partial charge in [-0.3, -0.25) is 0 Å². The molecule has 0 aromatic heterocycles. The fourth-order valence-corrected chi connectivity index (χ4v) is 3.47. The number of nitrogens with zero attached hydrogens (tertiary/aromatic N) is 1. The van der Waals surface area contributed by atoms with E-state index < -0.39 is 0 Å². The maximum absolute atomic E-state index is 9.50. The summed E-state index contributed by atoms with van der Waals surface area (Å²) in [5.41, 5.74) is 1.06. The number of hydrogen-bond donors (Lipinski definition) is 1. The normalized spacial score (nSPS) is 33.2. The summed E-state index contributed by atoms with van der Waals surface area (Å²) in [7, 11) is 0. The third-order valence-electron chi connectivity index (χ3n) is 4.63. The number of likely N-dealkylation sites (tertiary alicyclic amines) is 1. The van der Waals surface area contributed by atoms with Crippen LogP contribution < -0.4 is 0 Å². The zero-order valence-electron chi connectivity index (χ0n) is 8.97. The fraction of sp³-hybridized carbons (Fsp3) is 1.00. The molecule has 2 nitrogen and oxygen atoms in total. The zero-order chi connectivity index (χ0) is 9.65. The molecule has 2 heteroatoms. The molecule has 0 atom stereocenters. The number of rotatable bonds is 3. The van der Waals surface area contributed by atoms with Gasteiger partial charge in [-0.1, -0.05) is 12.8 Å². The molecule has 0 aromatic carbocycles. The third kappa shape index (κ3) is 1.40. The van der Waals surface area contributed by atoms with Crippen molar-refractivity contribution in [3.05, 3.63) is 0 Å². The van der Waals surface area contributed by atoms with Gasteiger partial charge in [-0.05, 0) is 31.1 Å². The van der Waals surface area contributed by atoms with Gasteiger partial charge in [0.1, 0.15) is 0 Å². The van der Waals surface area contributed by atoms with Crippen LogP contribution in [-0.4, -0.2) is 36.2 Å². The molecule has 1 saturated heterocycles. The van der Waals surface area contributed by atoms with E-state index in [9.17, 15) is 5.11 Å². The molecule has 14 heavy (non-hydrogen) atoms. The minimum absolute atomic E-state index is 0.288. The zero-order valence-corrected chi connectivity index (χ0v) is 8.97. The molecule has 2 saturated carbocycles. The van der Waals surface area contributed by atoms with Crippen LogP contribution in [0.4, 0.5) is 0 Å². The van der Waals surface area contributed by atoms with Crippen molar-refractivity contribution in [3.63, 3.8) is 0 Å². The van der Waals surface area contributed by atoms with E-state index in [2.05, 4.69) is 4.90 Å². The average molecular weight is 195 g/mol. The summed E-state index contributed by atoms with van der Waals surface area (Å²) < 4.78 is 0. The molecule has 3 rings (SSSR count). The summed E-state index contributed by atoms with van der Waals surface area (Å²) in [6.07, 6.45) is 8.12. The van der Waals surface area contributed by atoms with Crippen molar-refractivity contribution in [1.29, 1.82) is 0 Å². The molecule has 1 heterocycles. The average Bonchev–Trinajstić information content (AvgIpc) is 2.78. The highest BCUT2D eigenvalue weighted by atomic mass is 16.3. The van der Waals surface area contributed by atoms with E-state index in [1.54, 1.807) is 0 Å². The minimum Gasteiger partial charge on any atom is -0.396 e. The Kier molecular flexibility index (Phi) is 1.94. The molecule has 0 aromatic rings. The van der Waals surface area contributed by atoms with E-state index in [-0.39, 0.29) is 5.41 Å². The van der Waals surface area contributed by atoms with Crippen LogP contribution in [0.25, 0.3) is 0 Å². The van der Waals surface area contributed by atoms with Crippen LogP contribution >= 0.6 is 0 Å². The number of hydrogen-bond acceptors (Lipinski definition) is 2. The first-order chi connectivity index (χ1) is 6.76. The lowest BCUT2D eigenvalue weighted by molar-refractivity contribution is 0.00897. The van der Waals surface area contributed by atoms with E-state index in [1.165, 1.54) is 58.2 Å². The van der Waals surface area contributed by atoms with E-state index in [0.29, 0.717) is 6.61 Å². The molecule has 0 radical (unpaired) electrons. The van der Waals surface area contributed by atoms with E-state index in [4.69, 9.17) is 0 Å². The Morgan fingerprint density at radius 1 is 1.00 bits per heavy atom. The predicted molar refractivity (Wildman–Crippen MR) is 56.1 cm³/mol. The second-order valence-corrected chi connectivity index (χ2v) is 6.01. The van der Waals surface area contributed by atoms with Gasteiger partial charge in [-0.2, -0.15) is 0 Å². The summed E-state index contributed by atoms with van der Waals surface area (Å²) in [6.45, 7) is 4.24. The largest absolute Gasteiger partial charge is 0.396 e. The van der Waals surface area contributed by atoms with Crippen LogP contribution in [0, 0.1) is 10.8 Å². The van der Waals surface area contributed by atoms with Crippen LogP contribution in [-0.2, 0) is 0 Å². The highest BCUT2D eigenvalue weighted by Gasteiger charge is 2.53. The van der Waals surface area contributed by atoms with Gasteiger partial charge >= 0.3 is 0 Å². The second-order valence-electron chi connectivity index (χ2n) is 6.01. The maximum Gasteiger partial charge on any atom is 0.0499 e. The quantitative estimate of drug-likeness (QED) is 0.740. The molecule has 1 aliphatic heterocycles. The van der Waals surface area contributed by atoms with Crippen molar-refractivity contribution < 1.29 is 5.11 Å². The summed E-state index contributed by atoms with van der Waals surface area (Å²) in [6, 6.07) is 0. The molecular weight excluding hydrogens is 174 g/mol. The smallest absolute Gasteiger partial charge is 0.0499 e. The SMILES string of the molecule is OCC1(CN2CC3(CC3)C2)CCCC1. The minimum atomic E-state index is 0.288. The highest BCUT2D eigenvalue weighted by Crippen LogP contribution is 2.54. The first-order valence-electron chi connectivity index (χ1n) is 6.09. The fourth-order valence-electron chi connectivity index (χ4n) is 3.47. The van der Waals surface area contributed by atoms with Gasteiger partial charge in [-0.25, -0.2) is 0 Å². The first kappa shape index (κ1) is 9.17. The van der Waals surface area contributed by atoms with Crippen molar-refractivity contribution in [2.45, 2.75) is 38.5 Å². The van der Waals surface area contributed by atoms with Gasteiger partial charge in [0.15, 0.2) is 0 Å². The standard InChI is InChI=1S/C12H21NO/c14-10-12(3-1-2-4-12)9-13-7-11(8-13)5-6-11/h14H,1-10H2. The molecule has 0 amide bonds. The van der Waals surface area contributed by atoms with Gasteiger partial charge in [-0.15, -0.1) is 0 Å². The summed E-state index contributed by atoms with van der Waals surface area (Å²) in [5, 5.41) is 9.50. The molecular formula is C12H21NO. The van der Waals surface area contributed by atoms with Crippen LogP contribution in [0.3, 0.4) is 0 Å². The summed E-state index contributed by atoms with van der Waals surface area (Å²) in [5.74, 6) is 0. The number of aliphatic hydroxyl groups excluding tert-OH is 1. The molecule has 1 N–H and O–H groups in total. The van der Waals surface area contributed by atoms with Crippen molar-refractivity contribution in [1.82, 2.24) is 4.90 Å². The second kappa shape index (κ2) is 2.96. The van der Waals surface area contributed by atoms with Crippen LogP contribution in [0.2, 0.25) is 0 Å². The van der Waals surface area contributed by atoms with E-state index in [0.717, 1.165) is 5.41 Å². The van der Waals surface area contributed by atoms with Crippen LogP contribution in [0.1, 0.15) is 38.5 Å². The van der Waals surface area contributed by atoms with E-state index in [1.807, 2.05) is 0 Å². The lowest BCUT2D eigenvalue weighted by Gasteiger charge is -2.44. The lowest BCUT2D eigenvalue weighted by atomic mass is 9.84. The van der Waals surface area contributed by atoms with Crippen LogP contribution in [0.5, 0.6) is 0 Å². The molecule has 0 unspecified atom stereocenters. The van der Waals surface area contributed by atoms with Crippen molar-refractivity contribution in [2.24, 2.45) is 10.8 Å². The summed E-state index contributed by atoms with van der Waals surface area (Å²) >= 11 is 0. The summed E-state index contributed by atoms with van der Waals surface area (Å²) in [4.78, 5) is 2.58. The first-order valence-corrected chi connectivity index (χ1v) is 6.09. The Labute approximate surface area is 86.3 Å². The highest BCUT2D eigenvalue weighted by molar-refractivity contribution is 5.06. The molecule has 3 fully saturated rings. The van der Waals surface area contributed by atoms with Crippen molar-refractivity contribution in [2.75, 3.05) is 26.2 Å². The van der Waals surface area contributed by atoms with E-state index >= 15 is 0 Å².